The molecule has 19 heavy (non-hydrogen) atoms. The van der Waals surface area contributed by atoms with Gasteiger partial charge >= 0.3 is 0 Å². The summed E-state index contributed by atoms with van der Waals surface area (Å²) in [5.74, 6) is 0.973. The number of ether oxygens (including phenoxy) is 1. The van der Waals surface area contributed by atoms with Gasteiger partial charge in [0.1, 0.15) is 5.75 Å². The second kappa shape index (κ2) is 6.57. The van der Waals surface area contributed by atoms with E-state index >= 15 is 0 Å². The molecule has 104 valence electrons. The van der Waals surface area contributed by atoms with Crippen molar-refractivity contribution in [2.45, 2.75) is 32.2 Å². The molecule has 0 aromatic heterocycles. The lowest BCUT2D eigenvalue weighted by atomic mass is 10.0. The van der Waals surface area contributed by atoms with Crippen LogP contribution in [0.5, 0.6) is 5.75 Å². The largest absolute Gasteiger partial charge is 0.497 e. The van der Waals surface area contributed by atoms with Crippen molar-refractivity contribution in [2.24, 2.45) is 0 Å². The highest BCUT2D eigenvalue weighted by Crippen LogP contribution is 2.26. The van der Waals surface area contributed by atoms with E-state index in [9.17, 15) is 4.79 Å². The Morgan fingerprint density at radius 2 is 2.16 bits per heavy atom. The average Bonchev–Trinajstić information content (AvgIpc) is 2.48. The number of anilines is 1. The molecule has 1 aliphatic rings. The molecule has 1 N–H and O–H groups in total. The number of carbonyl (C=O) groups excluding carboxylic acids is 1. The first-order chi connectivity index (χ1) is 9.26. The summed E-state index contributed by atoms with van der Waals surface area (Å²) in [4.78, 5) is 14.2. The lowest BCUT2D eigenvalue weighted by molar-refractivity contribution is -0.118. The predicted molar refractivity (Wildman–Crippen MR) is 76.7 cm³/mol. The van der Waals surface area contributed by atoms with Crippen LogP contribution in [0.3, 0.4) is 0 Å². The summed E-state index contributed by atoms with van der Waals surface area (Å²) in [6.45, 7) is 3.86. The molecule has 1 heterocycles. The Morgan fingerprint density at radius 1 is 1.42 bits per heavy atom. The molecule has 0 bridgehead atoms. The molecule has 2 rings (SSSR count). The molecule has 4 heteroatoms. The van der Waals surface area contributed by atoms with Crippen LogP contribution in [0.2, 0.25) is 0 Å². The lowest BCUT2D eigenvalue weighted by Crippen LogP contribution is -2.46. The zero-order chi connectivity index (χ0) is 13.7. The lowest BCUT2D eigenvalue weighted by Gasteiger charge is -2.34. The number of amides is 1. The topological polar surface area (TPSA) is 41.6 Å². The van der Waals surface area contributed by atoms with Crippen molar-refractivity contribution < 1.29 is 9.53 Å². The normalized spacial score (nSPS) is 16.1. The van der Waals surface area contributed by atoms with Gasteiger partial charge in [-0.1, -0.05) is 13.0 Å². The van der Waals surface area contributed by atoms with E-state index in [0.29, 0.717) is 12.5 Å². The fourth-order valence-corrected chi connectivity index (χ4v) is 2.55. The molecule has 0 saturated carbocycles. The number of methoxy groups -OCH3 is 1. The van der Waals surface area contributed by atoms with Gasteiger partial charge in [0.25, 0.3) is 0 Å². The van der Waals surface area contributed by atoms with Crippen molar-refractivity contribution in [1.82, 2.24) is 5.32 Å². The molecule has 1 aromatic rings. The number of nitrogens with zero attached hydrogens (tertiary/aromatic N) is 1. The Kier molecular flexibility index (Phi) is 4.80. The molecule has 1 amide bonds. The van der Waals surface area contributed by atoms with Crippen molar-refractivity contribution in [1.29, 1.82) is 0 Å². The van der Waals surface area contributed by atoms with E-state index in [4.69, 9.17) is 4.74 Å². The van der Waals surface area contributed by atoms with E-state index in [1.165, 1.54) is 0 Å². The van der Waals surface area contributed by atoms with Gasteiger partial charge < -0.3 is 15.0 Å². The second-order valence-corrected chi connectivity index (χ2v) is 4.80. The summed E-state index contributed by atoms with van der Waals surface area (Å²) in [5, 5.41) is 3.34. The Balaban J connectivity index is 2.27. The molecule has 0 atom stereocenters. The maximum atomic E-state index is 12.3. The zero-order valence-electron chi connectivity index (χ0n) is 11.7. The van der Waals surface area contributed by atoms with Crippen LogP contribution in [0.4, 0.5) is 5.69 Å². The molecule has 0 aliphatic carbocycles. The first-order valence-corrected chi connectivity index (χ1v) is 6.93. The van der Waals surface area contributed by atoms with Crippen LogP contribution in [-0.4, -0.2) is 32.1 Å². The number of carbonyl (C=O) groups is 1. The smallest absolute Gasteiger partial charge is 0.226 e. The van der Waals surface area contributed by atoms with Gasteiger partial charge in [-0.2, -0.15) is 0 Å². The number of benzene rings is 1. The third kappa shape index (κ3) is 3.26. The SMILES string of the molecule is CCC(=O)N(c1cccc(OC)c1)C1CCNCC1. The van der Waals surface area contributed by atoms with Crippen LogP contribution in [0.15, 0.2) is 24.3 Å². The van der Waals surface area contributed by atoms with Crippen LogP contribution in [0.1, 0.15) is 26.2 Å². The Morgan fingerprint density at radius 3 is 2.79 bits per heavy atom. The average molecular weight is 262 g/mol. The quantitative estimate of drug-likeness (QED) is 0.904. The van der Waals surface area contributed by atoms with Crippen molar-refractivity contribution in [3.8, 4) is 5.75 Å². The first kappa shape index (κ1) is 13.9. The molecule has 1 fully saturated rings. The standard InChI is InChI=1S/C15H22N2O2/c1-3-15(18)17(12-7-9-16-10-8-12)13-5-4-6-14(11-13)19-2/h4-6,11-12,16H,3,7-10H2,1-2H3. The monoisotopic (exact) mass is 262 g/mol. The van der Waals surface area contributed by atoms with Crippen LogP contribution < -0.4 is 15.0 Å². The van der Waals surface area contributed by atoms with E-state index in [0.717, 1.165) is 37.4 Å². The molecule has 0 unspecified atom stereocenters. The van der Waals surface area contributed by atoms with E-state index in [1.807, 2.05) is 36.1 Å². The maximum absolute atomic E-state index is 12.3. The highest BCUT2D eigenvalue weighted by molar-refractivity contribution is 5.94. The van der Waals surface area contributed by atoms with E-state index in [2.05, 4.69) is 5.32 Å². The highest BCUT2D eigenvalue weighted by Gasteiger charge is 2.25. The number of piperidine rings is 1. The van der Waals surface area contributed by atoms with E-state index in [1.54, 1.807) is 7.11 Å². The van der Waals surface area contributed by atoms with Crippen LogP contribution in [0.25, 0.3) is 0 Å². The Bertz CT molecular complexity index is 428. The number of rotatable bonds is 4. The third-order valence-corrected chi connectivity index (χ3v) is 3.58. The summed E-state index contributed by atoms with van der Waals surface area (Å²) in [5.41, 5.74) is 0.943. The van der Waals surface area contributed by atoms with Gasteiger partial charge in [0.05, 0.1) is 7.11 Å². The van der Waals surface area contributed by atoms with Gasteiger partial charge in [-0.15, -0.1) is 0 Å². The van der Waals surface area contributed by atoms with Crippen LogP contribution >= 0.6 is 0 Å². The molecule has 1 aromatic carbocycles. The minimum Gasteiger partial charge on any atom is -0.497 e. The summed E-state index contributed by atoms with van der Waals surface area (Å²) in [7, 11) is 1.65. The predicted octanol–water partition coefficient (Wildman–Crippen LogP) is 2.19. The van der Waals surface area contributed by atoms with E-state index < -0.39 is 0 Å². The number of hydrogen-bond acceptors (Lipinski definition) is 3. The minimum atomic E-state index is 0.181. The van der Waals surface area contributed by atoms with Crippen molar-refractivity contribution in [3.05, 3.63) is 24.3 Å². The second-order valence-electron chi connectivity index (χ2n) is 4.80. The van der Waals surface area contributed by atoms with Gasteiger partial charge in [0.15, 0.2) is 0 Å². The highest BCUT2D eigenvalue weighted by atomic mass is 16.5. The summed E-state index contributed by atoms with van der Waals surface area (Å²) in [6, 6.07) is 8.06. The molecule has 0 radical (unpaired) electrons. The van der Waals surface area contributed by atoms with Gasteiger partial charge in [-0.3, -0.25) is 4.79 Å². The molecular weight excluding hydrogens is 240 g/mol. The first-order valence-electron chi connectivity index (χ1n) is 6.93. The zero-order valence-corrected chi connectivity index (χ0v) is 11.7. The molecule has 1 saturated heterocycles. The van der Waals surface area contributed by atoms with Gasteiger partial charge in [-0.05, 0) is 38.1 Å². The van der Waals surface area contributed by atoms with E-state index in [-0.39, 0.29) is 5.91 Å². The number of hydrogen-bond donors (Lipinski definition) is 1. The fraction of sp³-hybridized carbons (Fsp3) is 0.533. The summed E-state index contributed by atoms with van der Waals surface area (Å²) >= 11 is 0. The summed E-state index contributed by atoms with van der Waals surface area (Å²) < 4.78 is 5.26. The summed E-state index contributed by atoms with van der Waals surface area (Å²) in [6.07, 6.45) is 2.53. The Hall–Kier alpha value is -1.55. The minimum absolute atomic E-state index is 0.181. The fourth-order valence-electron chi connectivity index (χ4n) is 2.55. The van der Waals surface area contributed by atoms with Crippen LogP contribution in [-0.2, 0) is 4.79 Å². The molecular formula is C15H22N2O2. The van der Waals surface area contributed by atoms with Gasteiger partial charge in [0, 0.05) is 24.2 Å². The molecule has 4 nitrogen and oxygen atoms in total. The maximum Gasteiger partial charge on any atom is 0.226 e. The van der Waals surface area contributed by atoms with Crippen molar-refractivity contribution >= 4 is 11.6 Å². The number of nitrogens with one attached hydrogen (secondary N) is 1. The van der Waals surface area contributed by atoms with Crippen molar-refractivity contribution in [2.75, 3.05) is 25.1 Å². The Labute approximate surface area is 114 Å². The molecule has 0 spiro atoms. The van der Waals surface area contributed by atoms with Crippen LogP contribution in [0, 0.1) is 0 Å². The van der Waals surface area contributed by atoms with Gasteiger partial charge in [-0.25, -0.2) is 0 Å². The van der Waals surface area contributed by atoms with Gasteiger partial charge in [0.2, 0.25) is 5.91 Å². The van der Waals surface area contributed by atoms with Crippen molar-refractivity contribution in [3.63, 3.8) is 0 Å². The molecule has 1 aliphatic heterocycles. The third-order valence-electron chi connectivity index (χ3n) is 3.58.